The van der Waals surface area contributed by atoms with Gasteiger partial charge in [-0.25, -0.2) is 5.01 Å². The van der Waals surface area contributed by atoms with E-state index in [0.717, 1.165) is 5.01 Å². The lowest BCUT2D eigenvalue weighted by Crippen LogP contribution is -2.31. The van der Waals surface area contributed by atoms with Gasteiger partial charge in [0.15, 0.2) is 0 Å². The van der Waals surface area contributed by atoms with Crippen molar-refractivity contribution in [1.82, 2.24) is 5.01 Å². The fraction of sp³-hybridized carbons (Fsp3) is 0.750. The molecule has 7 nitrogen and oxygen atoms in total. The molecule has 0 rings (SSSR count). The van der Waals surface area contributed by atoms with Gasteiger partial charge in [0.2, 0.25) is 0 Å². The summed E-state index contributed by atoms with van der Waals surface area (Å²) in [4.78, 5) is 32.1. The van der Waals surface area contributed by atoms with E-state index in [9.17, 15) is 14.5 Å². The average molecular weight is 218 g/mol. The van der Waals surface area contributed by atoms with Crippen LogP contribution in [0.4, 0.5) is 0 Å². The van der Waals surface area contributed by atoms with Crippen molar-refractivity contribution in [2.75, 3.05) is 26.3 Å². The molecular formula is C8H14N2O5. The summed E-state index contributed by atoms with van der Waals surface area (Å²) in [6, 6.07) is 0. The van der Waals surface area contributed by atoms with Gasteiger partial charge in [-0.05, 0) is 13.8 Å². The number of esters is 2. The van der Waals surface area contributed by atoms with Crippen LogP contribution in [0, 0.1) is 4.91 Å². The zero-order valence-corrected chi connectivity index (χ0v) is 8.76. The second-order valence-corrected chi connectivity index (χ2v) is 2.51. The summed E-state index contributed by atoms with van der Waals surface area (Å²) < 4.78 is 9.17. The van der Waals surface area contributed by atoms with E-state index in [1.807, 2.05) is 0 Å². The molecular weight excluding hydrogens is 204 g/mol. The minimum Gasteiger partial charge on any atom is -0.465 e. The molecule has 0 aliphatic heterocycles. The predicted octanol–water partition coefficient (Wildman–Crippen LogP) is 0.0960. The first kappa shape index (κ1) is 13.3. The molecule has 0 radical (unpaired) electrons. The van der Waals surface area contributed by atoms with Crippen molar-refractivity contribution in [3.05, 3.63) is 4.91 Å². The Morgan fingerprint density at radius 2 is 1.47 bits per heavy atom. The Morgan fingerprint density at radius 3 is 1.73 bits per heavy atom. The first-order valence-corrected chi connectivity index (χ1v) is 4.53. The molecule has 15 heavy (non-hydrogen) atoms. The molecule has 0 atom stereocenters. The number of nitroso groups, excluding NO2 is 1. The van der Waals surface area contributed by atoms with Gasteiger partial charge in [-0.1, -0.05) is 0 Å². The standard InChI is InChI=1S/C8H14N2O5/c1-3-14-7(11)5-10(9-13)6-8(12)15-4-2/h3-6H2,1-2H3. The zero-order valence-electron chi connectivity index (χ0n) is 8.76. The molecule has 0 aliphatic carbocycles. The van der Waals surface area contributed by atoms with E-state index in [1.54, 1.807) is 13.8 Å². The summed E-state index contributed by atoms with van der Waals surface area (Å²) in [6.07, 6.45) is 0. The summed E-state index contributed by atoms with van der Waals surface area (Å²) >= 11 is 0. The van der Waals surface area contributed by atoms with Gasteiger partial charge < -0.3 is 9.47 Å². The maximum atomic E-state index is 10.9. The molecule has 0 N–H and O–H groups in total. The van der Waals surface area contributed by atoms with Gasteiger partial charge in [-0.2, -0.15) is 0 Å². The minimum atomic E-state index is -0.610. The molecule has 0 aliphatic rings. The summed E-state index contributed by atoms with van der Waals surface area (Å²) in [7, 11) is 0. The normalized spacial score (nSPS) is 9.20. The lowest BCUT2D eigenvalue weighted by atomic mass is 10.5. The molecule has 0 aromatic heterocycles. The summed E-state index contributed by atoms with van der Waals surface area (Å²) in [5.74, 6) is -1.22. The third-order valence-corrected chi connectivity index (χ3v) is 1.35. The number of hydrogen-bond acceptors (Lipinski definition) is 6. The van der Waals surface area contributed by atoms with Crippen molar-refractivity contribution in [1.29, 1.82) is 0 Å². The largest absolute Gasteiger partial charge is 0.465 e. The topological polar surface area (TPSA) is 85.3 Å². The van der Waals surface area contributed by atoms with E-state index in [0.29, 0.717) is 0 Å². The lowest BCUT2D eigenvalue weighted by Gasteiger charge is -2.12. The van der Waals surface area contributed by atoms with Crippen molar-refractivity contribution in [3.63, 3.8) is 0 Å². The number of ether oxygens (including phenoxy) is 2. The first-order chi connectivity index (χ1) is 7.13. The van der Waals surface area contributed by atoms with Crippen LogP contribution in [0.3, 0.4) is 0 Å². The van der Waals surface area contributed by atoms with Crippen LogP contribution in [0.15, 0.2) is 5.29 Å². The molecule has 0 unspecified atom stereocenters. The van der Waals surface area contributed by atoms with Gasteiger partial charge in [0.1, 0.15) is 13.1 Å². The van der Waals surface area contributed by atoms with E-state index in [2.05, 4.69) is 14.8 Å². The second kappa shape index (κ2) is 7.72. The van der Waals surface area contributed by atoms with Crippen molar-refractivity contribution < 1.29 is 19.1 Å². The van der Waals surface area contributed by atoms with Gasteiger partial charge in [-0.15, -0.1) is 4.91 Å². The van der Waals surface area contributed by atoms with Crippen LogP contribution in [0.1, 0.15) is 13.8 Å². The molecule has 0 spiro atoms. The Hall–Kier alpha value is -1.66. The van der Waals surface area contributed by atoms with E-state index in [1.165, 1.54) is 0 Å². The van der Waals surface area contributed by atoms with Crippen LogP contribution in [0.5, 0.6) is 0 Å². The maximum absolute atomic E-state index is 10.9. The van der Waals surface area contributed by atoms with Crippen molar-refractivity contribution >= 4 is 11.9 Å². The molecule has 86 valence electrons. The highest BCUT2D eigenvalue weighted by Gasteiger charge is 2.15. The van der Waals surface area contributed by atoms with Gasteiger partial charge in [0, 0.05) is 0 Å². The monoisotopic (exact) mass is 218 g/mol. The van der Waals surface area contributed by atoms with Crippen LogP contribution in [0.2, 0.25) is 0 Å². The summed E-state index contributed by atoms with van der Waals surface area (Å²) in [6.45, 7) is 3.01. The van der Waals surface area contributed by atoms with Crippen LogP contribution in [-0.4, -0.2) is 43.3 Å². The summed E-state index contributed by atoms with van der Waals surface area (Å²) in [5, 5.41) is 3.26. The maximum Gasteiger partial charge on any atom is 0.327 e. The highest BCUT2D eigenvalue weighted by atomic mass is 16.5. The van der Waals surface area contributed by atoms with E-state index < -0.39 is 11.9 Å². The molecule has 0 saturated heterocycles. The Morgan fingerprint density at radius 1 is 1.07 bits per heavy atom. The Kier molecular flexibility index (Phi) is 6.86. The molecule has 0 saturated carbocycles. The number of carbonyl (C=O) groups excluding carboxylic acids is 2. The highest BCUT2D eigenvalue weighted by molar-refractivity contribution is 5.74. The predicted molar refractivity (Wildman–Crippen MR) is 50.6 cm³/mol. The minimum absolute atomic E-state index is 0.213. The number of nitrogens with zero attached hydrogens (tertiary/aromatic N) is 2. The van der Waals surface area contributed by atoms with Crippen LogP contribution < -0.4 is 0 Å². The van der Waals surface area contributed by atoms with Gasteiger partial charge in [0.25, 0.3) is 0 Å². The third-order valence-electron chi connectivity index (χ3n) is 1.35. The van der Waals surface area contributed by atoms with Crippen LogP contribution >= 0.6 is 0 Å². The van der Waals surface area contributed by atoms with Crippen LogP contribution in [0.25, 0.3) is 0 Å². The van der Waals surface area contributed by atoms with Crippen molar-refractivity contribution in [3.8, 4) is 0 Å². The van der Waals surface area contributed by atoms with E-state index in [4.69, 9.17) is 0 Å². The quantitative estimate of drug-likeness (QED) is 0.342. The van der Waals surface area contributed by atoms with Crippen LogP contribution in [-0.2, 0) is 19.1 Å². The molecule has 0 amide bonds. The second-order valence-electron chi connectivity index (χ2n) is 2.51. The molecule has 7 heteroatoms. The Bertz CT molecular complexity index is 211. The smallest absolute Gasteiger partial charge is 0.327 e. The number of rotatable bonds is 7. The lowest BCUT2D eigenvalue weighted by molar-refractivity contribution is -0.148. The van der Waals surface area contributed by atoms with E-state index in [-0.39, 0.29) is 26.3 Å². The van der Waals surface area contributed by atoms with Crippen molar-refractivity contribution in [2.24, 2.45) is 5.29 Å². The summed E-state index contributed by atoms with van der Waals surface area (Å²) in [5.41, 5.74) is 0. The Balaban J connectivity index is 3.97. The molecule has 0 fully saturated rings. The van der Waals surface area contributed by atoms with E-state index >= 15 is 0 Å². The molecule has 0 aromatic carbocycles. The average Bonchev–Trinajstić information content (AvgIpc) is 2.17. The van der Waals surface area contributed by atoms with Gasteiger partial charge in [0.05, 0.1) is 18.5 Å². The highest BCUT2D eigenvalue weighted by Crippen LogP contribution is 1.92. The Labute approximate surface area is 87.3 Å². The first-order valence-electron chi connectivity index (χ1n) is 4.53. The fourth-order valence-corrected chi connectivity index (χ4v) is 0.825. The zero-order chi connectivity index (χ0) is 11.7. The van der Waals surface area contributed by atoms with Crippen molar-refractivity contribution in [2.45, 2.75) is 13.8 Å². The number of hydrogen-bond donors (Lipinski definition) is 0. The third kappa shape index (κ3) is 6.42. The number of carbonyl (C=O) groups is 2. The fourth-order valence-electron chi connectivity index (χ4n) is 0.825. The van der Waals surface area contributed by atoms with Gasteiger partial charge in [-0.3, -0.25) is 9.59 Å². The molecule has 0 bridgehead atoms. The molecule has 0 heterocycles. The SMILES string of the molecule is CCOC(=O)CN(CC(=O)OCC)N=O. The van der Waals surface area contributed by atoms with Gasteiger partial charge >= 0.3 is 11.9 Å². The molecule has 0 aromatic rings.